The maximum atomic E-state index is 13.6. The van der Waals surface area contributed by atoms with Crippen LogP contribution in [0, 0.1) is 0 Å². The summed E-state index contributed by atoms with van der Waals surface area (Å²) >= 11 is 1.54. The van der Waals surface area contributed by atoms with E-state index in [1.165, 1.54) is 29.1 Å². The van der Waals surface area contributed by atoms with Crippen LogP contribution in [0.5, 0.6) is 23.0 Å². The fourth-order valence-electron chi connectivity index (χ4n) is 9.20. The Hall–Kier alpha value is -6.70. The summed E-state index contributed by atoms with van der Waals surface area (Å²) in [5.74, 6) is 1.60. The molecule has 5 N–H and O–H groups in total. The predicted molar refractivity (Wildman–Crippen MR) is 277 cm³/mol. The van der Waals surface area contributed by atoms with E-state index < -0.39 is 41.0 Å². The number of hydrogen-bond donors (Lipinski definition) is 5. The molecule has 9 rings (SSSR count). The van der Waals surface area contributed by atoms with E-state index in [-0.39, 0.29) is 42.3 Å². The van der Waals surface area contributed by atoms with Crippen molar-refractivity contribution < 1.29 is 70.1 Å². The van der Waals surface area contributed by atoms with Gasteiger partial charge in [-0.25, -0.2) is 27.8 Å². The largest absolute Gasteiger partial charge is 0.494 e. The standard InChI is InChI=1S/C26H32N6O8S.C23H30N6O6S2/c1-37-16-14-31-12-9-26(10-13-31,25(33)29-34)41(35,36)21-6-4-20(5-7-21)38-15-2-11-32-28-24(27-30-32)19-3-8-22-23(17-19)40-18-39-22;1-34-16-14-28-12-9-23(10-13-28,22(30)26-31)37(32,33)19-7-5-18(6-8-19)35-15-3-11-29-25-21(24-27-29)20-4-2-17-36-20/h3-8,17H,2,9-16,18H2,1H3,(H2,27,28,29,30,33,34);2,4-8,17,31H,3,9-16H2,1H3,(H,26,30)/p+1. The third kappa shape index (κ3) is 13.1. The van der Waals surface area contributed by atoms with E-state index in [0.29, 0.717) is 126 Å². The highest BCUT2D eigenvalue weighted by atomic mass is 32.2. The molecule has 6 heterocycles. The van der Waals surface area contributed by atoms with Gasteiger partial charge < -0.3 is 38.2 Å². The highest BCUT2D eigenvalue weighted by Crippen LogP contribution is 2.39. The number of benzene rings is 3. The third-order valence-corrected chi connectivity index (χ3v) is 19.6. The molecule has 3 aliphatic rings. The molecule has 0 saturated carbocycles. The highest BCUT2D eigenvalue weighted by molar-refractivity contribution is 7.94. The van der Waals surface area contributed by atoms with Crippen molar-refractivity contribution in [2.75, 3.05) is 86.7 Å². The predicted octanol–water partition coefficient (Wildman–Crippen LogP) is 2.35. The van der Waals surface area contributed by atoms with Crippen LogP contribution in [0.1, 0.15) is 38.5 Å². The molecule has 0 radical (unpaired) electrons. The van der Waals surface area contributed by atoms with Gasteiger partial charge in [0.1, 0.15) is 18.0 Å². The number of methoxy groups -OCH3 is 2. The summed E-state index contributed by atoms with van der Waals surface area (Å²) in [4.78, 5) is 33.5. The number of H-pyrrole nitrogens is 1. The number of tetrazole rings is 2. The number of carbonyl (C=O) groups is 2. The van der Waals surface area contributed by atoms with Crippen LogP contribution in [0.3, 0.4) is 0 Å². The van der Waals surface area contributed by atoms with Crippen LogP contribution in [0.15, 0.2) is 94.0 Å². The minimum absolute atomic E-state index is 0.00159. The zero-order chi connectivity index (χ0) is 55.2. The Morgan fingerprint density at radius 3 is 1.79 bits per heavy atom. The van der Waals surface area contributed by atoms with E-state index in [0.717, 1.165) is 10.4 Å². The van der Waals surface area contributed by atoms with E-state index in [1.54, 1.807) is 65.6 Å². The number of sulfone groups is 2. The van der Waals surface area contributed by atoms with Gasteiger partial charge in [0.2, 0.25) is 12.6 Å². The number of aryl methyl sites for hydroxylation is 2. The molecule has 3 aromatic carbocycles. The number of ether oxygens (including phenoxy) is 6. The molecule has 0 aliphatic carbocycles. The lowest BCUT2D eigenvalue weighted by molar-refractivity contribution is -0.805. The van der Waals surface area contributed by atoms with Crippen molar-refractivity contribution in [2.45, 2.75) is 70.9 Å². The molecule has 0 bridgehead atoms. The maximum absolute atomic E-state index is 13.6. The molecular formula is C49H63N12O14S3+. The molecule has 2 fully saturated rings. The van der Waals surface area contributed by atoms with Crippen LogP contribution in [-0.2, 0) is 51.8 Å². The number of carbonyl (C=O) groups excluding carboxylic acids is 2. The minimum atomic E-state index is -4.10. The number of aromatic amines is 1. The molecule has 29 heteroatoms. The number of likely N-dealkylation sites (tertiary alicyclic amines) is 2. The zero-order valence-corrected chi connectivity index (χ0v) is 45.5. The van der Waals surface area contributed by atoms with Gasteiger partial charge in [0.05, 0.1) is 58.3 Å². The zero-order valence-electron chi connectivity index (χ0n) is 43.1. The molecule has 3 aliphatic heterocycles. The number of fused-ring (bicyclic) bond motifs is 1. The second-order valence-electron chi connectivity index (χ2n) is 18.4. The third-order valence-electron chi connectivity index (χ3n) is 13.7. The van der Waals surface area contributed by atoms with Gasteiger partial charge in [0.25, 0.3) is 11.8 Å². The molecule has 26 nitrogen and oxygen atoms in total. The van der Waals surface area contributed by atoms with Crippen LogP contribution in [0.25, 0.3) is 22.1 Å². The number of piperidine rings is 2. The molecule has 0 unspecified atom stereocenters. The number of nitrogens with one attached hydrogen (secondary N) is 3. The Labute approximate surface area is 454 Å². The summed E-state index contributed by atoms with van der Waals surface area (Å²) in [6.07, 6.45) is 1.47. The van der Waals surface area contributed by atoms with Crippen LogP contribution in [0.2, 0.25) is 0 Å². The summed E-state index contributed by atoms with van der Waals surface area (Å²) < 4.78 is 83.3. The lowest BCUT2D eigenvalue weighted by Gasteiger charge is -2.39. The smallest absolute Gasteiger partial charge is 0.338 e. The first kappa shape index (κ1) is 57.5. The first-order valence-electron chi connectivity index (χ1n) is 25.1. The van der Waals surface area contributed by atoms with E-state index in [9.17, 15) is 36.8 Å². The van der Waals surface area contributed by atoms with Gasteiger partial charge in [-0.1, -0.05) is 10.9 Å². The van der Waals surface area contributed by atoms with E-state index >= 15 is 0 Å². The van der Waals surface area contributed by atoms with Crippen molar-refractivity contribution in [3.63, 3.8) is 0 Å². The van der Waals surface area contributed by atoms with Gasteiger partial charge in [-0.2, -0.15) is 4.80 Å². The normalized spacial score (nSPS) is 16.2. The lowest BCUT2D eigenvalue weighted by Crippen LogP contribution is -2.57. The van der Waals surface area contributed by atoms with Crippen LogP contribution >= 0.6 is 11.3 Å². The van der Waals surface area contributed by atoms with Crippen molar-refractivity contribution >= 4 is 42.8 Å². The number of nitrogens with zero attached hydrogens (tertiary/aromatic N) is 9. The Kier molecular flexibility index (Phi) is 19.4. The fourth-order valence-corrected chi connectivity index (χ4v) is 13.8. The molecular weight excluding hydrogens is 1080 g/mol. The van der Waals surface area contributed by atoms with Crippen molar-refractivity contribution in [1.29, 1.82) is 0 Å². The summed E-state index contributed by atoms with van der Waals surface area (Å²) in [5, 5.41) is 44.7. The first-order valence-corrected chi connectivity index (χ1v) is 28.9. The number of thiophene rings is 1. The average Bonchev–Trinajstić information content (AvgIpc) is 4.45. The molecule has 0 atom stereocenters. The summed E-state index contributed by atoms with van der Waals surface area (Å²) in [6, 6.07) is 21.3. The number of aromatic nitrogens is 8. The monoisotopic (exact) mass is 1140 g/mol. The Morgan fingerprint density at radius 2 is 1.27 bits per heavy atom. The minimum Gasteiger partial charge on any atom is -0.494 e. The summed E-state index contributed by atoms with van der Waals surface area (Å²) in [7, 11) is -4.99. The number of hydroxylamine groups is 2. The van der Waals surface area contributed by atoms with Gasteiger partial charge in [-0.05, 0) is 119 Å². The average molecular weight is 1140 g/mol. The molecule has 3 aromatic heterocycles. The Bertz CT molecular complexity index is 3130. The lowest BCUT2D eigenvalue weighted by atomic mass is 9.95. The molecule has 420 valence electrons. The van der Waals surface area contributed by atoms with E-state index in [4.69, 9.17) is 28.4 Å². The van der Waals surface area contributed by atoms with Crippen LogP contribution < -0.4 is 34.7 Å². The SMILES string of the molecule is COCCN1CCC(C(=O)NO)(S(=O)(=O)c2ccc(OCCC[n+]3nc(-c4ccc5c(c4)OCO5)n[nH]3)cc2)CC1.COCCN1CCC(C(=O)NO)(S(=O)(=O)c2ccc(OCCCn3nnc(-c4cccs4)n3)cc2)CC1. The van der Waals surface area contributed by atoms with Gasteiger partial charge in [-0.15, -0.1) is 21.5 Å². The van der Waals surface area contributed by atoms with Gasteiger partial charge in [0, 0.05) is 66.3 Å². The molecule has 6 aromatic rings. The van der Waals surface area contributed by atoms with E-state index in [1.807, 2.05) is 45.5 Å². The number of rotatable bonds is 24. The summed E-state index contributed by atoms with van der Waals surface area (Å²) in [5.41, 5.74) is 3.95. The quantitative estimate of drug-likeness (QED) is 0.0251. The topological polar surface area (TPSA) is 318 Å². The number of amides is 2. The van der Waals surface area contributed by atoms with Crippen molar-refractivity contribution in [1.82, 2.24) is 56.4 Å². The van der Waals surface area contributed by atoms with Crippen molar-refractivity contribution in [3.05, 3.63) is 84.2 Å². The van der Waals surface area contributed by atoms with Crippen LogP contribution in [-0.4, -0.2) is 181 Å². The van der Waals surface area contributed by atoms with E-state index in [2.05, 4.69) is 30.8 Å². The van der Waals surface area contributed by atoms with Crippen molar-refractivity contribution in [2.24, 2.45) is 0 Å². The maximum Gasteiger partial charge on any atom is 0.338 e. The number of hydrogen-bond acceptors (Lipinski definition) is 22. The highest BCUT2D eigenvalue weighted by Gasteiger charge is 2.54. The second-order valence-corrected chi connectivity index (χ2v) is 23.9. The fraction of sp³-hybridized carbons (Fsp3) is 0.469. The van der Waals surface area contributed by atoms with Crippen LogP contribution in [0.4, 0.5) is 0 Å². The van der Waals surface area contributed by atoms with Gasteiger partial charge >= 0.3 is 5.82 Å². The molecule has 0 spiro atoms. The molecule has 2 saturated heterocycles. The second kappa shape index (κ2) is 26.3. The van der Waals surface area contributed by atoms with Gasteiger partial charge in [-0.3, -0.25) is 20.0 Å². The first-order chi connectivity index (χ1) is 37.7. The Morgan fingerprint density at radius 1 is 0.718 bits per heavy atom. The molecule has 78 heavy (non-hydrogen) atoms. The van der Waals surface area contributed by atoms with Gasteiger partial charge in [0.15, 0.2) is 40.7 Å². The summed E-state index contributed by atoms with van der Waals surface area (Å²) in [6.45, 7) is 5.82. The van der Waals surface area contributed by atoms with Crippen molar-refractivity contribution in [3.8, 4) is 45.1 Å². The Balaban J connectivity index is 0.000000207. The molecule has 2 amide bonds.